The van der Waals surface area contributed by atoms with E-state index in [0.717, 1.165) is 17.3 Å². The molecule has 406 valence electrons. The van der Waals surface area contributed by atoms with Crippen LogP contribution in [-0.2, 0) is 62.4 Å². The number of aromatic nitrogens is 3. The van der Waals surface area contributed by atoms with E-state index in [9.17, 15) is 43.2 Å². The number of carbonyl (C=O) groups excluding carboxylic acids is 9. The molecular weight excluding hydrogens is 1010 g/mol. The summed E-state index contributed by atoms with van der Waals surface area (Å²) < 4.78 is 0. The minimum absolute atomic E-state index is 0.0476. The molecule has 4 aromatic rings. The lowest BCUT2D eigenvalue weighted by molar-refractivity contribution is -0.135. The zero-order valence-electron chi connectivity index (χ0n) is 42.0. The number of thiol groups is 2. The molecule has 0 aliphatic carbocycles. The predicted octanol–water partition coefficient (Wildman–Crippen LogP) is -1.57. The number of fused-ring (bicyclic) bond motifs is 1. The molecule has 75 heavy (non-hydrogen) atoms. The maximum atomic E-state index is 14.7. The van der Waals surface area contributed by atoms with E-state index in [0.29, 0.717) is 29.7 Å². The normalized spacial score (nSPS) is 14.2. The molecule has 2 aromatic heterocycles. The van der Waals surface area contributed by atoms with Crippen molar-refractivity contribution in [1.82, 2.24) is 57.5 Å². The average Bonchev–Trinajstić information content (AvgIpc) is 4.06. The molecule has 26 heteroatoms. The van der Waals surface area contributed by atoms with E-state index < -0.39 is 101 Å². The third kappa shape index (κ3) is 19.6. The molecule has 16 N–H and O–H groups in total. The Morgan fingerprint density at radius 1 is 0.600 bits per heavy atom. The number of nitrogens with one attached hydrogen (secondary N) is 10. The molecule has 0 aliphatic rings. The lowest BCUT2D eigenvalue weighted by Gasteiger charge is -2.28. The van der Waals surface area contributed by atoms with Crippen LogP contribution in [0.4, 0.5) is 0 Å². The number of nitrogens with two attached hydrogens (primary N) is 3. The van der Waals surface area contributed by atoms with Crippen molar-refractivity contribution in [3.63, 3.8) is 0 Å². The van der Waals surface area contributed by atoms with Crippen molar-refractivity contribution in [1.29, 1.82) is 0 Å². The van der Waals surface area contributed by atoms with E-state index in [1.165, 1.54) is 26.4 Å². The molecule has 0 unspecified atom stereocenters. The summed E-state index contributed by atoms with van der Waals surface area (Å²) in [5, 5.41) is 21.9. The monoisotopic (exact) mass is 1080 g/mol. The SMILES string of the molecule is CCCC[C@H](NC(C)=O)C(=O)N[C@@H](CS)C(=O)N[C@@H](Cc1cnc[nH]1)C(=O)N[C@H](Cc1ccccc1)C(=O)N[C@@H](CCCN=C(N)N)C(=O)N[C@H](Cc1c[nH]c2ccccc12)C(=O)N[C@H](C)C(=O)N[C@@H](CS)C(N)=O. The van der Waals surface area contributed by atoms with E-state index in [-0.39, 0.29) is 56.1 Å². The van der Waals surface area contributed by atoms with Crippen molar-refractivity contribution in [2.24, 2.45) is 22.2 Å². The van der Waals surface area contributed by atoms with Crippen LogP contribution < -0.4 is 59.7 Å². The van der Waals surface area contributed by atoms with E-state index in [1.807, 2.05) is 25.1 Å². The highest BCUT2D eigenvalue weighted by atomic mass is 32.1. The topological polar surface area (TPSA) is 385 Å². The Bertz CT molecular complexity index is 2600. The molecule has 0 fully saturated rings. The highest BCUT2D eigenvalue weighted by Gasteiger charge is 2.35. The van der Waals surface area contributed by atoms with E-state index >= 15 is 0 Å². The Morgan fingerprint density at radius 3 is 1.71 bits per heavy atom. The summed E-state index contributed by atoms with van der Waals surface area (Å²) >= 11 is 8.36. The molecule has 0 saturated heterocycles. The number of unbranched alkanes of at least 4 members (excludes halogenated alkanes) is 1. The van der Waals surface area contributed by atoms with Gasteiger partial charge in [0.15, 0.2) is 5.96 Å². The smallest absolute Gasteiger partial charge is 0.244 e. The standard InChI is InChI=1S/C49H69N15O9S2/c1-4-5-15-34(58-28(3)65)43(68)64-40(25-75)48(73)62-38(21-31-23-53-26-56-31)47(72)60-36(19-29-12-7-6-8-13-29)46(71)59-35(17-11-18-54-49(51)52)44(69)61-37(20-30-22-55-33-16-10-9-14-32(30)33)45(70)57-27(2)42(67)63-39(24-74)41(50)66/h6-10,12-14,16,22-23,26-27,34-40,55,74-75H,4-5,11,15,17-21,24-25H2,1-3H3,(H2,50,66)(H,53,56)(H,57,70)(H,58,65)(H,59,71)(H,60,72)(H,61,69)(H,62,73)(H,63,67)(H,64,68)(H4,51,52,54)/t27-,34+,35+,36-,37-,38+,39+,40+/m1/s1. The molecule has 0 bridgehead atoms. The van der Waals surface area contributed by atoms with Crippen LogP contribution in [0.25, 0.3) is 10.9 Å². The van der Waals surface area contributed by atoms with Gasteiger partial charge in [-0.2, -0.15) is 25.3 Å². The van der Waals surface area contributed by atoms with Crippen LogP contribution >= 0.6 is 25.3 Å². The van der Waals surface area contributed by atoms with Gasteiger partial charge in [-0.3, -0.25) is 48.1 Å². The number of hydrogen-bond acceptors (Lipinski definition) is 13. The van der Waals surface area contributed by atoms with Gasteiger partial charge in [-0.1, -0.05) is 68.3 Å². The number of aromatic amines is 2. The first-order chi connectivity index (χ1) is 35.8. The fourth-order valence-electron chi connectivity index (χ4n) is 7.75. The van der Waals surface area contributed by atoms with E-state index in [4.69, 9.17) is 17.2 Å². The molecule has 8 atom stereocenters. The van der Waals surface area contributed by atoms with E-state index in [1.54, 1.807) is 42.6 Å². The minimum Gasteiger partial charge on any atom is -0.370 e. The molecule has 2 aromatic carbocycles. The lowest BCUT2D eigenvalue weighted by Crippen LogP contribution is -2.61. The summed E-state index contributed by atoms with van der Waals surface area (Å²) in [7, 11) is 0. The highest BCUT2D eigenvalue weighted by Crippen LogP contribution is 2.20. The van der Waals surface area contributed by atoms with Gasteiger partial charge in [-0.15, -0.1) is 0 Å². The van der Waals surface area contributed by atoms with Crippen molar-refractivity contribution < 1.29 is 43.2 Å². The van der Waals surface area contributed by atoms with Crippen molar-refractivity contribution in [2.45, 2.75) is 120 Å². The van der Waals surface area contributed by atoms with Gasteiger partial charge in [0.1, 0.15) is 48.3 Å². The molecule has 0 radical (unpaired) electrons. The zero-order chi connectivity index (χ0) is 55.0. The second-order valence-electron chi connectivity index (χ2n) is 17.7. The van der Waals surface area contributed by atoms with Crippen molar-refractivity contribution in [2.75, 3.05) is 18.1 Å². The van der Waals surface area contributed by atoms with Gasteiger partial charge in [-0.05, 0) is 43.4 Å². The summed E-state index contributed by atoms with van der Waals surface area (Å²) in [5.74, 6) is -7.18. The number of rotatable bonds is 31. The Morgan fingerprint density at radius 2 is 1.12 bits per heavy atom. The summed E-state index contributed by atoms with van der Waals surface area (Å²) in [4.78, 5) is 136. The first-order valence-electron chi connectivity index (χ1n) is 24.4. The van der Waals surface area contributed by atoms with Gasteiger partial charge in [-0.25, -0.2) is 4.98 Å². The number of hydrogen-bond donors (Lipinski definition) is 15. The van der Waals surface area contributed by atoms with Gasteiger partial charge in [0, 0.05) is 73.2 Å². The Kier molecular flexibility index (Phi) is 24.4. The summed E-state index contributed by atoms with van der Waals surface area (Å²) in [6.45, 7) is 4.63. The third-order valence-corrected chi connectivity index (χ3v) is 12.5. The molecule has 24 nitrogen and oxygen atoms in total. The summed E-state index contributed by atoms with van der Waals surface area (Å²) in [6.07, 6.45) is 5.92. The fourth-order valence-corrected chi connectivity index (χ4v) is 8.28. The van der Waals surface area contributed by atoms with Crippen LogP contribution in [0.5, 0.6) is 0 Å². The molecular formula is C49H69N15O9S2. The molecule has 0 spiro atoms. The number of carbonyl (C=O) groups is 9. The first kappa shape index (κ1) is 59.9. The number of nitrogens with zero attached hydrogens (tertiary/aromatic N) is 2. The number of aliphatic imine (C=N–C) groups is 1. The van der Waals surface area contributed by atoms with Crippen LogP contribution in [0.15, 0.2) is 78.3 Å². The van der Waals surface area contributed by atoms with Gasteiger partial charge in [0.05, 0.1) is 6.33 Å². The van der Waals surface area contributed by atoms with Crippen LogP contribution in [0.1, 0.15) is 69.7 Å². The lowest BCUT2D eigenvalue weighted by atomic mass is 10.0. The second-order valence-corrected chi connectivity index (χ2v) is 18.5. The Hall–Kier alpha value is -7.61. The number of guanidine groups is 1. The highest BCUT2D eigenvalue weighted by molar-refractivity contribution is 7.80. The number of H-pyrrole nitrogens is 2. The number of para-hydroxylation sites is 1. The molecule has 2 heterocycles. The third-order valence-electron chi connectivity index (χ3n) is 11.8. The number of primary amides is 1. The maximum Gasteiger partial charge on any atom is 0.244 e. The minimum atomic E-state index is -1.39. The number of amides is 9. The summed E-state index contributed by atoms with van der Waals surface area (Å²) in [5.41, 5.74) is 19.0. The van der Waals surface area contributed by atoms with Crippen molar-refractivity contribution in [3.8, 4) is 0 Å². The van der Waals surface area contributed by atoms with Crippen LogP contribution in [0.3, 0.4) is 0 Å². The number of imidazole rings is 1. The van der Waals surface area contributed by atoms with Gasteiger partial charge < -0.3 is 69.7 Å². The molecule has 9 amide bonds. The van der Waals surface area contributed by atoms with Crippen LogP contribution in [0, 0.1) is 0 Å². The second kappa shape index (κ2) is 30.6. The van der Waals surface area contributed by atoms with Crippen LogP contribution in [0.2, 0.25) is 0 Å². The quantitative estimate of drug-likeness (QED) is 0.0118. The molecule has 0 aliphatic heterocycles. The average molecular weight is 1080 g/mol. The summed E-state index contributed by atoms with van der Waals surface area (Å²) in [6, 6.07) is 5.93. The van der Waals surface area contributed by atoms with Crippen LogP contribution in [-0.4, -0.2) is 140 Å². The fraction of sp³-hybridized carbons (Fsp3) is 0.449. The van der Waals surface area contributed by atoms with Crippen molar-refractivity contribution in [3.05, 3.63) is 90.1 Å². The molecule has 4 rings (SSSR count). The van der Waals surface area contributed by atoms with Gasteiger partial charge in [0.25, 0.3) is 0 Å². The maximum absolute atomic E-state index is 14.7. The first-order valence-corrected chi connectivity index (χ1v) is 25.6. The van der Waals surface area contributed by atoms with Gasteiger partial charge in [0.2, 0.25) is 53.2 Å². The Labute approximate surface area is 445 Å². The zero-order valence-corrected chi connectivity index (χ0v) is 43.8. The predicted molar refractivity (Wildman–Crippen MR) is 288 cm³/mol. The van der Waals surface area contributed by atoms with E-state index in [2.05, 4.69) is 87.7 Å². The molecule has 0 saturated carbocycles. The number of benzene rings is 2. The van der Waals surface area contributed by atoms with Crippen molar-refractivity contribution >= 4 is 95.3 Å². The largest absolute Gasteiger partial charge is 0.370 e. The van der Waals surface area contributed by atoms with Gasteiger partial charge >= 0.3 is 0 Å². The Balaban J connectivity index is 1.65.